The van der Waals surface area contributed by atoms with Crippen molar-refractivity contribution in [2.75, 3.05) is 73.1 Å². The van der Waals surface area contributed by atoms with E-state index in [0.29, 0.717) is 48.6 Å². The quantitative estimate of drug-likeness (QED) is 0.0731. The van der Waals surface area contributed by atoms with Crippen LogP contribution in [0.4, 0.5) is 11.4 Å². The number of esters is 1. The van der Waals surface area contributed by atoms with Crippen LogP contribution in [-0.4, -0.2) is 135 Å². The summed E-state index contributed by atoms with van der Waals surface area (Å²) >= 11 is 0. The van der Waals surface area contributed by atoms with Gasteiger partial charge in [-0.05, 0) is 25.8 Å². The molecule has 2 aliphatic rings. The van der Waals surface area contributed by atoms with E-state index in [1.807, 2.05) is 27.7 Å². The van der Waals surface area contributed by atoms with Gasteiger partial charge in [0.2, 0.25) is 0 Å². The molecule has 4 rings (SSSR count). The minimum Gasteiger partial charge on any atom is -0.493 e. The Kier molecular flexibility index (Phi) is 19.0. The van der Waals surface area contributed by atoms with Crippen molar-refractivity contribution in [1.29, 1.82) is 0 Å². The fourth-order valence-corrected chi connectivity index (χ4v) is 6.10. The Hall–Kier alpha value is -5.36. The number of benzene rings is 2. The summed E-state index contributed by atoms with van der Waals surface area (Å²) in [7, 11) is 5.28. The number of nitrogens with one attached hydrogen (secondary N) is 1. The number of nitro groups is 1. The second-order valence-corrected chi connectivity index (χ2v) is 12.1. The third kappa shape index (κ3) is 11.8. The standard InChI is InChI=1S/C33H44N4O12.C2H4O2.C2H6/c1-6-19-11-20(38)16-36(19)32(41)21-12-27(45-3)29(14-24(21)34-7-2)48-9-8-10-49-30-15-25(37(43)44)22(13-28(30)46-4)31(40)35-17-23(26(39)18-35)33(42)47-5;1-4-2-3;1-2/h12-15,19-20,23,26,34,38-39H,6-11,16-18H2,1-5H3;2H,1H3;1-2H3/t19-,20?,23?,26+;;/m1../s1. The molecule has 2 unspecified atom stereocenters. The Morgan fingerprint density at radius 2 is 1.47 bits per heavy atom. The summed E-state index contributed by atoms with van der Waals surface area (Å²) < 4.78 is 31.2. The minimum absolute atomic E-state index is 0.0342. The van der Waals surface area contributed by atoms with Crippen molar-refractivity contribution in [3.63, 3.8) is 0 Å². The molecule has 55 heavy (non-hydrogen) atoms. The number of likely N-dealkylation sites (tertiary alicyclic amines) is 2. The van der Waals surface area contributed by atoms with Gasteiger partial charge < -0.3 is 53.8 Å². The molecule has 0 radical (unpaired) electrons. The number of β-amino-alcohol motifs (C(OH)–C–C–N with tert-alkyl or cyclic N) is 2. The number of nitrogens with zero attached hydrogens (tertiary/aromatic N) is 3. The summed E-state index contributed by atoms with van der Waals surface area (Å²) in [6.07, 6.45) is -0.146. The van der Waals surface area contributed by atoms with Crippen molar-refractivity contribution in [3.8, 4) is 23.0 Å². The van der Waals surface area contributed by atoms with Crippen molar-refractivity contribution in [1.82, 2.24) is 9.80 Å². The fraction of sp³-hybridized carbons (Fsp3) is 0.568. The number of anilines is 1. The number of aliphatic hydroxyl groups excluding tert-OH is 2. The first kappa shape index (κ1) is 45.8. The molecule has 18 heteroatoms. The van der Waals surface area contributed by atoms with Crippen molar-refractivity contribution >= 4 is 35.6 Å². The van der Waals surface area contributed by atoms with E-state index in [1.54, 1.807) is 17.0 Å². The molecular formula is C37H54N4O14. The first-order valence-electron chi connectivity index (χ1n) is 18.0. The van der Waals surface area contributed by atoms with E-state index in [0.717, 1.165) is 17.4 Å². The van der Waals surface area contributed by atoms with Crippen LogP contribution < -0.4 is 24.3 Å². The summed E-state index contributed by atoms with van der Waals surface area (Å²) in [6.45, 7) is 8.93. The number of hydrogen-bond acceptors (Lipinski definition) is 15. The summed E-state index contributed by atoms with van der Waals surface area (Å²) in [5.74, 6) is -1.77. The fourth-order valence-electron chi connectivity index (χ4n) is 6.10. The van der Waals surface area contributed by atoms with E-state index in [9.17, 15) is 34.7 Å². The lowest BCUT2D eigenvalue weighted by Crippen LogP contribution is -2.36. The summed E-state index contributed by atoms with van der Waals surface area (Å²) in [4.78, 5) is 61.8. The summed E-state index contributed by atoms with van der Waals surface area (Å²) in [5.41, 5.74) is 0.150. The maximum absolute atomic E-state index is 13.5. The van der Waals surface area contributed by atoms with E-state index >= 15 is 0 Å². The molecule has 4 atom stereocenters. The Bertz CT molecular complexity index is 1610. The van der Waals surface area contributed by atoms with Gasteiger partial charge in [-0.1, -0.05) is 20.8 Å². The van der Waals surface area contributed by atoms with Gasteiger partial charge in [0.25, 0.3) is 24.0 Å². The van der Waals surface area contributed by atoms with Crippen LogP contribution in [0.2, 0.25) is 0 Å². The lowest BCUT2D eigenvalue weighted by molar-refractivity contribution is -0.385. The number of amides is 2. The number of aliphatic hydroxyl groups is 2. The zero-order valence-corrected chi connectivity index (χ0v) is 32.7. The second kappa shape index (κ2) is 22.8. The molecule has 2 aromatic carbocycles. The number of rotatable bonds is 16. The highest BCUT2D eigenvalue weighted by Gasteiger charge is 2.41. The molecule has 18 nitrogen and oxygen atoms in total. The molecule has 2 saturated heterocycles. The first-order valence-corrected chi connectivity index (χ1v) is 18.0. The lowest BCUT2D eigenvalue weighted by atomic mass is 10.1. The predicted octanol–water partition coefficient (Wildman–Crippen LogP) is 3.30. The average Bonchev–Trinajstić information content (AvgIpc) is 3.79. The number of hydrogen-bond donors (Lipinski definition) is 3. The van der Waals surface area contributed by atoms with Crippen LogP contribution in [0.15, 0.2) is 24.3 Å². The zero-order chi connectivity index (χ0) is 41.2. The van der Waals surface area contributed by atoms with Gasteiger partial charge in [0.05, 0.1) is 76.1 Å². The minimum atomic E-state index is -1.17. The van der Waals surface area contributed by atoms with Crippen LogP contribution in [0.1, 0.15) is 67.7 Å². The van der Waals surface area contributed by atoms with Crippen LogP contribution in [-0.2, 0) is 19.1 Å². The largest absolute Gasteiger partial charge is 0.493 e. The lowest BCUT2D eigenvalue weighted by Gasteiger charge is -2.25. The molecule has 2 aromatic rings. The maximum Gasteiger partial charge on any atom is 0.313 e. The van der Waals surface area contributed by atoms with E-state index < -0.39 is 40.6 Å². The van der Waals surface area contributed by atoms with Crippen molar-refractivity contribution in [2.45, 2.75) is 65.2 Å². The number of ether oxygens (including phenoxy) is 6. The van der Waals surface area contributed by atoms with Gasteiger partial charge in [0, 0.05) is 50.8 Å². The highest BCUT2D eigenvalue weighted by atomic mass is 16.6. The second-order valence-electron chi connectivity index (χ2n) is 12.1. The molecule has 0 aliphatic carbocycles. The Morgan fingerprint density at radius 3 is 1.98 bits per heavy atom. The Balaban J connectivity index is 0.00000163. The Labute approximate surface area is 320 Å². The van der Waals surface area contributed by atoms with E-state index in [-0.39, 0.29) is 61.9 Å². The van der Waals surface area contributed by atoms with Gasteiger partial charge in [-0.25, -0.2) is 0 Å². The molecule has 2 heterocycles. The first-order chi connectivity index (χ1) is 26.4. The molecular weight excluding hydrogens is 724 g/mol. The summed E-state index contributed by atoms with van der Waals surface area (Å²) in [5, 5.41) is 35.6. The number of carbonyl (C=O) groups excluding carboxylic acids is 4. The van der Waals surface area contributed by atoms with Crippen LogP contribution in [0, 0.1) is 16.0 Å². The molecule has 0 bridgehead atoms. The van der Waals surface area contributed by atoms with Crippen molar-refractivity contribution in [2.24, 2.45) is 5.92 Å². The summed E-state index contributed by atoms with van der Waals surface area (Å²) in [6, 6.07) is 5.55. The van der Waals surface area contributed by atoms with E-state index in [4.69, 9.17) is 23.7 Å². The van der Waals surface area contributed by atoms with Gasteiger partial charge in [-0.2, -0.15) is 0 Å². The van der Waals surface area contributed by atoms with Crippen LogP contribution in [0.3, 0.4) is 0 Å². The van der Waals surface area contributed by atoms with Crippen LogP contribution >= 0.6 is 0 Å². The molecule has 2 amide bonds. The molecule has 0 aromatic heterocycles. The molecule has 0 spiro atoms. The predicted molar refractivity (Wildman–Crippen MR) is 200 cm³/mol. The number of nitro benzene ring substituents is 1. The maximum atomic E-state index is 13.5. The molecule has 2 fully saturated rings. The highest BCUT2D eigenvalue weighted by molar-refractivity contribution is 6.01. The topological polar surface area (TPSA) is 226 Å². The molecule has 0 saturated carbocycles. The van der Waals surface area contributed by atoms with Gasteiger partial charge in [-0.15, -0.1) is 0 Å². The monoisotopic (exact) mass is 778 g/mol. The average molecular weight is 779 g/mol. The van der Waals surface area contributed by atoms with Gasteiger partial charge in [0.15, 0.2) is 23.0 Å². The van der Waals surface area contributed by atoms with Crippen LogP contribution in [0.25, 0.3) is 0 Å². The van der Waals surface area contributed by atoms with Crippen LogP contribution in [0.5, 0.6) is 23.0 Å². The van der Waals surface area contributed by atoms with Gasteiger partial charge >= 0.3 is 5.97 Å². The van der Waals surface area contributed by atoms with Gasteiger partial charge in [-0.3, -0.25) is 29.3 Å². The molecule has 3 N–H and O–H groups in total. The van der Waals surface area contributed by atoms with Crippen molar-refractivity contribution < 1.29 is 62.7 Å². The normalized spacial score (nSPS) is 18.4. The van der Waals surface area contributed by atoms with Gasteiger partial charge in [0.1, 0.15) is 11.5 Å². The Morgan fingerprint density at radius 1 is 0.891 bits per heavy atom. The van der Waals surface area contributed by atoms with Crippen molar-refractivity contribution in [3.05, 3.63) is 45.5 Å². The SMILES string of the molecule is CC.CCNc1cc(OCCCOc2cc([N+](=O)[O-])c(C(=O)N3CC(C(=O)OC)[C@@H](O)C3)cc2OC)c(OC)cc1C(=O)N1CC(O)C[C@H]1CC.COC=O. The molecule has 306 valence electrons. The molecule has 2 aliphatic heterocycles. The van der Waals surface area contributed by atoms with E-state index in [2.05, 4.69) is 14.8 Å². The highest BCUT2D eigenvalue weighted by Crippen LogP contribution is 2.38. The smallest absolute Gasteiger partial charge is 0.313 e. The number of methoxy groups -OCH3 is 4. The zero-order valence-electron chi connectivity index (χ0n) is 32.7. The number of carbonyl (C=O) groups is 4. The third-order valence-corrected chi connectivity index (χ3v) is 8.72. The van der Waals surface area contributed by atoms with E-state index in [1.165, 1.54) is 34.5 Å². The third-order valence-electron chi connectivity index (χ3n) is 8.72.